The summed E-state index contributed by atoms with van der Waals surface area (Å²) in [7, 11) is 0. The summed E-state index contributed by atoms with van der Waals surface area (Å²) in [6, 6.07) is 13.3. The number of amides is 1. The predicted molar refractivity (Wildman–Crippen MR) is 143 cm³/mol. The SMILES string of the molecule is [2H]C([2H])(O)C1(C([2H])([2H])O[C@]2(c3ccc(Cl)cc3)c3c(F)cc(C(=C)CCO)cc3C(=O)N2Cc2ccc(C#N)cn2)CC1. The number of benzene rings is 2. The van der Waals surface area contributed by atoms with Crippen LogP contribution in [0.25, 0.3) is 5.57 Å². The maximum absolute atomic E-state index is 16.4. The molecule has 1 saturated carbocycles. The fourth-order valence-electron chi connectivity index (χ4n) is 4.63. The molecular formula is C30H27ClFN3O4. The topological polar surface area (TPSA) is 107 Å². The van der Waals surface area contributed by atoms with Crippen molar-refractivity contribution in [1.82, 2.24) is 9.88 Å². The summed E-state index contributed by atoms with van der Waals surface area (Å²) >= 11 is 6.16. The minimum Gasteiger partial charge on any atom is -0.396 e. The van der Waals surface area contributed by atoms with Crippen molar-refractivity contribution in [3.8, 4) is 6.07 Å². The summed E-state index contributed by atoms with van der Waals surface area (Å²) in [5.41, 5.74) is -3.57. The van der Waals surface area contributed by atoms with E-state index in [9.17, 15) is 20.3 Å². The highest BCUT2D eigenvalue weighted by Gasteiger charge is 2.56. The van der Waals surface area contributed by atoms with Gasteiger partial charge in [-0.15, -0.1) is 0 Å². The van der Waals surface area contributed by atoms with Gasteiger partial charge in [-0.1, -0.05) is 30.3 Å². The Kier molecular flexibility index (Phi) is 5.99. The fraction of sp³-hybridized carbons (Fsp3) is 0.300. The number of hydrogen-bond acceptors (Lipinski definition) is 6. The van der Waals surface area contributed by atoms with Crippen molar-refractivity contribution >= 4 is 23.1 Å². The largest absolute Gasteiger partial charge is 0.396 e. The van der Waals surface area contributed by atoms with Crippen molar-refractivity contribution in [2.24, 2.45) is 5.41 Å². The molecule has 200 valence electrons. The van der Waals surface area contributed by atoms with Crippen molar-refractivity contribution in [3.63, 3.8) is 0 Å². The van der Waals surface area contributed by atoms with E-state index in [2.05, 4.69) is 11.6 Å². The van der Waals surface area contributed by atoms with Crippen molar-refractivity contribution < 1.29 is 29.6 Å². The Labute approximate surface area is 236 Å². The van der Waals surface area contributed by atoms with Crippen molar-refractivity contribution in [1.29, 1.82) is 5.26 Å². The predicted octanol–water partition coefficient (Wildman–Crippen LogP) is 4.79. The Morgan fingerprint density at radius 3 is 2.59 bits per heavy atom. The molecule has 0 saturated heterocycles. The van der Waals surface area contributed by atoms with Crippen LogP contribution in [0.3, 0.4) is 0 Å². The van der Waals surface area contributed by atoms with Crippen molar-refractivity contribution in [2.45, 2.75) is 31.5 Å². The second kappa shape index (κ2) is 10.5. The number of halogens is 2. The Bertz CT molecular complexity index is 1640. The van der Waals surface area contributed by atoms with Gasteiger partial charge in [0.2, 0.25) is 0 Å². The molecule has 1 aliphatic heterocycles. The molecule has 1 aromatic heterocycles. The molecule has 0 bridgehead atoms. The molecule has 1 amide bonds. The summed E-state index contributed by atoms with van der Waals surface area (Å²) in [6.45, 7) is -2.65. The molecule has 2 N–H and O–H groups in total. The number of fused-ring (bicyclic) bond motifs is 1. The van der Waals surface area contributed by atoms with Crippen molar-refractivity contribution in [2.75, 3.05) is 19.7 Å². The molecule has 2 aliphatic rings. The number of aliphatic hydroxyl groups excluding tert-OH is 1. The van der Waals surface area contributed by atoms with Gasteiger partial charge in [0, 0.05) is 28.8 Å². The zero-order valence-electron chi connectivity index (χ0n) is 24.7. The van der Waals surface area contributed by atoms with E-state index in [-0.39, 0.29) is 65.9 Å². The average molecular weight is 552 g/mol. The molecule has 1 fully saturated rings. The zero-order chi connectivity index (χ0) is 31.4. The summed E-state index contributed by atoms with van der Waals surface area (Å²) in [5, 5.41) is 29.3. The van der Waals surface area contributed by atoms with Gasteiger partial charge in [0.25, 0.3) is 5.91 Å². The van der Waals surface area contributed by atoms with Crippen LogP contribution in [-0.4, -0.2) is 45.7 Å². The Morgan fingerprint density at radius 2 is 2.00 bits per heavy atom. The van der Waals surface area contributed by atoms with Gasteiger partial charge in [0.05, 0.1) is 47.5 Å². The van der Waals surface area contributed by atoms with Crippen LogP contribution < -0.4 is 0 Å². The van der Waals surface area contributed by atoms with E-state index in [0.717, 1.165) is 11.0 Å². The molecule has 9 heteroatoms. The van der Waals surface area contributed by atoms with Gasteiger partial charge >= 0.3 is 0 Å². The quantitative estimate of drug-likeness (QED) is 0.375. The molecule has 2 aromatic carbocycles. The van der Waals surface area contributed by atoms with Gasteiger partial charge in [0.1, 0.15) is 11.9 Å². The van der Waals surface area contributed by atoms with Gasteiger partial charge in [-0.05, 0) is 66.8 Å². The van der Waals surface area contributed by atoms with Gasteiger partial charge in [0.15, 0.2) is 5.72 Å². The van der Waals surface area contributed by atoms with E-state index < -0.39 is 36.0 Å². The third kappa shape index (κ3) is 4.83. The molecule has 0 radical (unpaired) electrons. The minimum absolute atomic E-state index is 0.0689. The maximum atomic E-state index is 16.4. The van der Waals surface area contributed by atoms with E-state index in [1.165, 1.54) is 48.7 Å². The normalized spacial score (nSPS) is 21.3. The van der Waals surface area contributed by atoms with Gasteiger partial charge in [-0.3, -0.25) is 14.7 Å². The van der Waals surface area contributed by atoms with Crippen molar-refractivity contribution in [3.05, 3.63) is 106 Å². The second-order valence-corrected chi connectivity index (χ2v) is 9.98. The molecule has 7 nitrogen and oxygen atoms in total. The summed E-state index contributed by atoms with van der Waals surface area (Å²) in [4.78, 5) is 19.6. The van der Waals surface area contributed by atoms with Gasteiger partial charge in [-0.25, -0.2) is 4.39 Å². The molecule has 39 heavy (non-hydrogen) atoms. The number of ether oxygens (including phenoxy) is 1. The monoisotopic (exact) mass is 551 g/mol. The first kappa shape index (κ1) is 22.2. The van der Waals surface area contributed by atoms with Crippen LogP contribution in [0.4, 0.5) is 4.39 Å². The van der Waals surface area contributed by atoms with Gasteiger partial charge in [-0.2, -0.15) is 5.26 Å². The lowest BCUT2D eigenvalue weighted by Gasteiger charge is -2.40. The number of carbonyl (C=O) groups is 1. The van der Waals surface area contributed by atoms with Crippen LogP contribution >= 0.6 is 11.6 Å². The molecule has 1 aliphatic carbocycles. The van der Waals surface area contributed by atoms with Crippen LogP contribution in [0.15, 0.2) is 61.3 Å². The number of hydrogen-bond donors (Lipinski definition) is 2. The lowest BCUT2D eigenvalue weighted by molar-refractivity contribution is -0.130. The second-order valence-electron chi connectivity index (χ2n) is 9.55. The number of pyridine rings is 1. The van der Waals surface area contributed by atoms with Crippen LogP contribution in [0.2, 0.25) is 5.02 Å². The number of nitrogens with zero attached hydrogens (tertiary/aromatic N) is 3. The summed E-state index contributed by atoms with van der Waals surface area (Å²) in [6.07, 6.45) is 1.27. The van der Waals surface area contributed by atoms with E-state index in [1.807, 2.05) is 6.07 Å². The lowest BCUT2D eigenvalue weighted by atomic mass is 9.90. The highest BCUT2D eigenvalue weighted by atomic mass is 35.5. The molecule has 2 heterocycles. The molecule has 0 spiro atoms. The van der Waals surface area contributed by atoms with E-state index in [1.54, 1.807) is 0 Å². The summed E-state index contributed by atoms with van der Waals surface area (Å²) < 4.78 is 56.6. The highest BCUT2D eigenvalue weighted by molar-refractivity contribution is 6.30. The lowest BCUT2D eigenvalue weighted by Crippen LogP contribution is -2.48. The highest BCUT2D eigenvalue weighted by Crippen LogP contribution is 2.52. The third-order valence-electron chi connectivity index (χ3n) is 6.97. The molecular weight excluding hydrogens is 521 g/mol. The Balaban J connectivity index is 1.79. The average Bonchev–Trinajstić information content (AvgIpc) is 3.75. The minimum atomic E-state index is -3.01. The smallest absolute Gasteiger partial charge is 0.257 e. The molecule has 1 atom stereocenters. The maximum Gasteiger partial charge on any atom is 0.257 e. The standard InChI is InChI=1S/C30H27ClFN3O4/c1-19(8-11-36)21-12-25-27(26(32)13-21)30(22-3-5-23(31)6-4-22,39-18-29(17-37)9-10-29)35(28(25)38)16-24-7-2-20(14-33)15-34-24/h2-7,12-13,15,36-37H,1,8-11,16-18H2/t30-/m1/s1/i17D2,18D2. The Morgan fingerprint density at radius 1 is 1.26 bits per heavy atom. The van der Waals surface area contributed by atoms with E-state index in [4.69, 9.17) is 21.8 Å². The number of aliphatic hydroxyl groups is 2. The summed E-state index contributed by atoms with van der Waals surface area (Å²) in [5.74, 6) is -1.68. The van der Waals surface area contributed by atoms with E-state index >= 15 is 4.39 Å². The first-order chi connectivity index (χ1) is 20.2. The fourth-order valence-corrected chi connectivity index (χ4v) is 4.76. The number of carbonyl (C=O) groups excluding carboxylic acids is 1. The van der Waals surface area contributed by atoms with Gasteiger partial charge < -0.3 is 14.9 Å². The first-order valence-corrected chi connectivity index (χ1v) is 12.6. The van der Waals surface area contributed by atoms with E-state index in [0.29, 0.717) is 10.6 Å². The van der Waals surface area contributed by atoms with Crippen LogP contribution in [0.1, 0.15) is 63.1 Å². The number of aromatic nitrogens is 1. The molecule has 0 unspecified atom stereocenters. The zero-order valence-corrected chi connectivity index (χ0v) is 21.5. The number of nitriles is 1. The van der Waals surface area contributed by atoms with Crippen LogP contribution in [0.5, 0.6) is 0 Å². The van der Waals surface area contributed by atoms with Crippen LogP contribution in [-0.2, 0) is 17.0 Å². The first-order valence-electron chi connectivity index (χ1n) is 14.2. The van der Waals surface area contributed by atoms with Crippen LogP contribution in [0, 0.1) is 22.6 Å². The molecule has 3 aromatic rings. The third-order valence-corrected chi connectivity index (χ3v) is 7.23. The number of rotatable bonds is 10. The molecule has 5 rings (SSSR count). The Hall–Kier alpha value is -3.61.